The predicted molar refractivity (Wildman–Crippen MR) is 84.7 cm³/mol. The highest BCUT2D eigenvalue weighted by Crippen LogP contribution is 2.15. The first kappa shape index (κ1) is 15.6. The van der Waals surface area contributed by atoms with Crippen LogP contribution in [0, 0.1) is 0 Å². The lowest BCUT2D eigenvalue weighted by Gasteiger charge is -2.34. The maximum atomic E-state index is 5.84. The maximum Gasteiger partial charge on any atom is 0.119 e. The third kappa shape index (κ3) is 5.31. The largest absolute Gasteiger partial charge is 0.494 e. The van der Waals surface area contributed by atoms with Crippen molar-refractivity contribution in [3.05, 3.63) is 29.3 Å². The Morgan fingerprint density at radius 1 is 1.00 bits per heavy atom. The van der Waals surface area contributed by atoms with Gasteiger partial charge in [0, 0.05) is 37.7 Å². The zero-order valence-electron chi connectivity index (χ0n) is 12.4. The number of rotatable bonds is 7. The average Bonchev–Trinajstić information content (AvgIpc) is 2.47. The minimum atomic E-state index is 0.752. The van der Waals surface area contributed by atoms with Crippen LogP contribution < -0.4 is 4.74 Å². The molecule has 1 aromatic rings. The van der Waals surface area contributed by atoms with E-state index in [-0.39, 0.29) is 0 Å². The Balaban J connectivity index is 1.56. The van der Waals surface area contributed by atoms with Gasteiger partial charge in [-0.05, 0) is 43.7 Å². The van der Waals surface area contributed by atoms with Gasteiger partial charge in [0.25, 0.3) is 0 Å². The third-order valence-electron chi connectivity index (χ3n) is 3.71. The minimum Gasteiger partial charge on any atom is -0.494 e. The first-order valence-electron chi connectivity index (χ1n) is 7.61. The first-order chi connectivity index (χ1) is 9.78. The Hall–Kier alpha value is -0.770. The molecule has 1 heterocycles. The summed E-state index contributed by atoms with van der Waals surface area (Å²) in [6.07, 6.45) is 2.34. The van der Waals surface area contributed by atoms with Gasteiger partial charge in [-0.1, -0.05) is 18.5 Å². The number of hydrogen-bond donors (Lipinski definition) is 0. The van der Waals surface area contributed by atoms with E-state index in [9.17, 15) is 0 Å². The van der Waals surface area contributed by atoms with Gasteiger partial charge in [0.1, 0.15) is 5.75 Å². The van der Waals surface area contributed by atoms with Crippen LogP contribution in [0.5, 0.6) is 5.75 Å². The summed E-state index contributed by atoms with van der Waals surface area (Å²) < 4.78 is 5.72. The number of piperazine rings is 1. The van der Waals surface area contributed by atoms with E-state index in [4.69, 9.17) is 16.3 Å². The van der Waals surface area contributed by atoms with E-state index in [2.05, 4.69) is 16.7 Å². The molecule has 0 amide bonds. The van der Waals surface area contributed by atoms with Gasteiger partial charge in [-0.3, -0.25) is 0 Å². The number of ether oxygens (including phenoxy) is 1. The summed E-state index contributed by atoms with van der Waals surface area (Å²) in [5, 5.41) is 0.752. The second-order valence-electron chi connectivity index (χ2n) is 5.34. The minimum absolute atomic E-state index is 0.752. The van der Waals surface area contributed by atoms with Crippen LogP contribution in [0.2, 0.25) is 5.02 Å². The third-order valence-corrected chi connectivity index (χ3v) is 3.96. The van der Waals surface area contributed by atoms with E-state index in [1.807, 2.05) is 24.3 Å². The van der Waals surface area contributed by atoms with E-state index < -0.39 is 0 Å². The van der Waals surface area contributed by atoms with E-state index in [1.165, 1.54) is 39.1 Å². The van der Waals surface area contributed by atoms with Crippen LogP contribution >= 0.6 is 11.6 Å². The van der Waals surface area contributed by atoms with E-state index in [0.29, 0.717) is 0 Å². The van der Waals surface area contributed by atoms with Gasteiger partial charge in [0.2, 0.25) is 0 Å². The number of benzene rings is 1. The summed E-state index contributed by atoms with van der Waals surface area (Å²) in [6.45, 7) is 10.2. The molecule has 0 bridgehead atoms. The smallest absolute Gasteiger partial charge is 0.119 e. The molecule has 1 aliphatic heterocycles. The molecule has 112 valence electrons. The molecule has 20 heavy (non-hydrogen) atoms. The predicted octanol–water partition coefficient (Wildman–Crippen LogP) is 3.14. The monoisotopic (exact) mass is 296 g/mol. The van der Waals surface area contributed by atoms with Crippen LogP contribution in [0.3, 0.4) is 0 Å². The SMILES string of the molecule is CCCN1CCN(CCCOc2ccc(Cl)cc2)CC1. The Morgan fingerprint density at radius 2 is 1.60 bits per heavy atom. The first-order valence-corrected chi connectivity index (χ1v) is 7.99. The van der Waals surface area contributed by atoms with Gasteiger partial charge in [-0.15, -0.1) is 0 Å². The molecule has 0 saturated carbocycles. The molecular weight excluding hydrogens is 272 g/mol. The summed E-state index contributed by atoms with van der Waals surface area (Å²) in [5.74, 6) is 0.905. The standard InChI is InChI=1S/C16H25ClN2O/c1-2-8-18-10-12-19(13-11-18)9-3-14-20-16-6-4-15(17)5-7-16/h4-7H,2-3,8-14H2,1H3. The van der Waals surface area contributed by atoms with Crippen LogP contribution in [0.25, 0.3) is 0 Å². The van der Waals surface area contributed by atoms with Gasteiger partial charge in [-0.25, -0.2) is 0 Å². The molecular formula is C16H25ClN2O. The van der Waals surface area contributed by atoms with Crippen molar-refractivity contribution in [2.75, 3.05) is 45.9 Å². The average molecular weight is 297 g/mol. The fraction of sp³-hybridized carbons (Fsp3) is 0.625. The lowest BCUT2D eigenvalue weighted by Crippen LogP contribution is -2.46. The normalized spacial score (nSPS) is 17.3. The summed E-state index contributed by atoms with van der Waals surface area (Å²) in [5.41, 5.74) is 0. The Morgan fingerprint density at radius 3 is 2.20 bits per heavy atom. The van der Waals surface area contributed by atoms with Gasteiger partial charge in [-0.2, -0.15) is 0 Å². The molecule has 0 N–H and O–H groups in total. The molecule has 0 aliphatic carbocycles. The second-order valence-corrected chi connectivity index (χ2v) is 5.78. The van der Waals surface area contributed by atoms with Gasteiger partial charge >= 0.3 is 0 Å². The Bertz CT molecular complexity index is 375. The summed E-state index contributed by atoms with van der Waals surface area (Å²) in [7, 11) is 0. The van der Waals surface area contributed by atoms with E-state index in [1.54, 1.807) is 0 Å². The zero-order chi connectivity index (χ0) is 14.2. The van der Waals surface area contributed by atoms with Crippen molar-refractivity contribution in [2.45, 2.75) is 19.8 Å². The molecule has 4 heteroatoms. The molecule has 0 spiro atoms. The van der Waals surface area contributed by atoms with Crippen molar-refractivity contribution < 1.29 is 4.74 Å². The molecule has 1 fully saturated rings. The number of halogens is 1. The van der Waals surface area contributed by atoms with Crippen molar-refractivity contribution in [3.8, 4) is 5.75 Å². The molecule has 1 aromatic carbocycles. The van der Waals surface area contributed by atoms with Crippen LogP contribution in [-0.4, -0.2) is 55.7 Å². The highest BCUT2D eigenvalue weighted by molar-refractivity contribution is 6.30. The van der Waals surface area contributed by atoms with Gasteiger partial charge in [0.15, 0.2) is 0 Å². The summed E-state index contributed by atoms with van der Waals surface area (Å²) >= 11 is 5.84. The van der Waals surface area contributed by atoms with Crippen LogP contribution in [0.1, 0.15) is 19.8 Å². The van der Waals surface area contributed by atoms with Crippen molar-refractivity contribution in [3.63, 3.8) is 0 Å². The van der Waals surface area contributed by atoms with Crippen LogP contribution in [-0.2, 0) is 0 Å². The molecule has 2 rings (SSSR count). The second kappa shape index (κ2) is 8.50. The molecule has 0 aromatic heterocycles. The Kier molecular flexibility index (Phi) is 6.64. The van der Waals surface area contributed by atoms with Crippen molar-refractivity contribution in [1.29, 1.82) is 0 Å². The van der Waals surface area contributed by atoms with Crippen LogP contribution in [0.15, 0.2) is 24.3 Å². The lowest BCUT2D eigenvalue weighted by atomic mass is 10.3. The van der Waals surface area contributed by atoms with Gasteiger partial charge < -0.3 is 14.5 Å². The zero-order valence-corrected chi connectivity index (χ0v) is 13.1. The summed E-state index contributed by atoms with van der Waals surface area (Å²) in [4.78, 5) is 5.10. The molecule has 1 saturated heterocycles. The van der Waals surface area contributed by atoms with E-state index >= 15 is 0 Å². The Labute approximate surface area is 127 Å². The van der Waals surface area contributed by atoms with Crippen molar-refractivity contribution >= 4 is 11.6 Å². The van der Waals surface area contributed by atoms with Crippen molar-refractivity contribution in [2.24, 2.45) is 0 Å². The molecule has 0 radical (unpaired) electrons. The topological polar surface area (TPSA) is 15.7 Å². The van der Waals surface area contributed by atoms with Crippen molar-refractivity contribution in [1.82, 2.24) is 9.80 Å². The highest BCUT2D eigenvalue weighted by Gasteiger charge is 2.15. The highest BCUT2D eigenvalue weighted by atomic mass is 35.5. The lowest BCUT2D eigenvalue weighted by molar-refractivity contribution is 0.126. The fourth-order valence-electron chi connectivity index (χ4n) is 2.56. The fourth-order valence-corrected chi connectivity index (χ4v) is 2.69. The summed E-state index contributed by atoms with van der Waals surface area (Å²) in [6, 6.07) is 7.57. The molecule has 0 unspecified atom stereocenters. The maximum absolute atomic E-state index is 5.84. The quantitative estimate of drug-likeness (QED) is 0.719. The van der Waals surface area contributed by atoms with Crippen LogP contribution in [0.4, 0.5) is 0 Å². The molecule has 3 nitrogen and oxygen atoms in total. The number of nitrogens with zero attached hydrogens (tertiary/aromatic N) is 2. The van der Waals surface area contributed by atoms with E-state index in [0.717, 1.165) is 30.3 Å². The number of hydrogen-bond acceptors (Lipinski definition) is 3. The molecule has 1 aliphatic rings. The molecule has 0 atom stereocenters. The van der Waals surface area contributed by atoms with Gasteiger partial charge in [0.05, 0.1) is 6.61 Å².